The van der Waals surface area contributed by atoms with E-state index in [0.717, 1.165) is 0 Å². The number of halogens is 6. The van der Waals surface area contributed by atoms with Crippen LogP contribution in [-0.2, 0) is 33.0 Å². The molecule has 1 N–H and O–H groups in total. The van der Waals surface area contributed by atoms with Crippen molar-refractivity contribution in [1.82, 2.24) is 19.8 Å². The normalized spacial score (nSPS) is 14.5. The number of ketones is 1. The Morgan fingerprint density at radius 2 is 1.77 bits per heavy atom. The van der Waals surface area contributed by atoms with Crippen LogP contribution in [0.25, 0.3) is 0 Å². The van der Waals surface area contributed by atoms with Crippen LogP contribution in [-0.4, -0.2) is 54.9 Å². The lowest BCUT2D eigenvalue weighted by atomic mass is 10.0. The fourth-order valence-electron chi connectivity index (χ4n) is 4.11. The molecule has 1 aliphatic rings. The average molecular weight is 670 g/mol. The van der Waals surface area contributed by atoms with E-state index in [1.807, 2.05) is 0 Å². The van der Waals surface area contributed by atoms with Gasteiger partial charge in [-0.05, 0) is 59.6 Å². The molecule has 3 rings (SSSR count). The summed E-state index contributed by atoms with van der Waals surface area (Å²) in [6.07, 6.45) is -1.70. The number of nitrogens with zero attached hydrogens (tertiary/aromatic N) is 3. The first-order valence-corrected chi connectivity index (χ1v) is 14.4. The maximum atomic E-state index is 14.5. The molecular weight excluding hydrogens is 642 g/mol. The molecule has 0 aliphatic carbocycles. The second kappa shape index (κ2) is 11.7. The summed E-state index contributed by atoms with van der Waals surface area (Å²) in [4.78, 5) is 43.0. The van der Waals surface area contributed by atoms with Crippen LogP contribution in [0.4, 0.5) is 26.7 Å². The number of imidazole rings is 1. The first-order valence-electron chi connectivity index (χ1n) is 11.8. The number of amides is 2. The Labute approximate surface area is 231 Å². The molecule has 2 heterocycles. The quantitative estimate of drug-likeness (QED) is 0.143. The highest BCUT2D eigenvalue weighted by molar-refractivity contribution is 14.2. The van der Waals surface area contributed by atoms with Crippen molar-refractivity contribution in [3.63, 3.8) is 0 Å². The zero-order valence-corrected chi connectivity index (χ0v) is 23.9. The van der Waals surface area contributed by atoms with Gasteiger partial charge in [-0.25, -0.2) is 22.9 Å². The van der Waals surface area contributed by atoms with Crippen molar-refractivity contribution in [3.05, 3.63) is 52.4 Å². The Hall–Kier alpha value is -2.91. The summed E-state index contributed by atoms with van der Waals surface area (Å²) in [5.41, 5.74) is -1.19. The molecule has 14 heteroatoms. The second-order valence-electron chi connectivity index (χ2n) is 9.99. The van der Waals surface area contributed by atoms with E-state index in [1.54, 1.807) is 20.8 Å². The van der Waals surface area contributed by atoms with E-state index in [4.69, 9.17) is 4.74 Å². The minimum absolute atomic E-state index is 0.00320. The van der Waals surface area contributed by atoms with Gasteiger partial charge in [-0.2, -0.15) is 8.78 Å². The molecule has 0 unspecified atom stereocenters. The van der Waals surface area contributed by atoms with Gasteiger partial charge in [0.15, 0.2) is 23.2 Å². The van der Waals surface area contributed by atoms with E-state index in [2.05, 4.69) is 14.8 Å². The highest BCUT2D eigenvalue weighted by Crippen LogP contribution is 2.40. The van der Waals surface area contributed by atoms with Crippen LogP contribution in [0.3, 0.4) is 0 Å². The van der Waals surface area contributed by atoms with E-state index in [0.29, 0.717) is 12.1 Å². The van der Waals surface area contributed by atoms with Gasteiger partial charge in [0.25, 0.3) is 0 Å². The molecule has 2 amide bonds. The molecule has 39 heavy (non-hydrogen) atoms. The second-order valence-corrected chi connectivity index (χ2v) is 12.1. The monoisotopic (exact) mass is 670 g/mol. The van der Waals surface area contributed by atoms with Crippen LogP contribution < -0.4 is 5.32 Å². The third-order valence-corrected chi connectivity index (χ3v) is 7.25. The smallest absolute Gasteiger partial charge is 0.407 e. The Kier molecular flexibility index (Phi) is 9.17. The SMILES string of the molecule is C=IC(F)(F)c1nc(C(C)=O)c2n1CCN(C(=O)C[C@@H](Cc1cc(F)c(F)cc1F)NC(=O)OC(C)(C)C)C2. The first kappa shape index (κ1) is 30.6. The zero-order chi connectivity index (χ0) is 29.3. The zero-order valence-electron chi connectivity index (χ0n) is 21.7. The van der Waals surface area contributed by atoms with E-state index >= 15 is 0 Å². The fourth-order valence-corrected chi connectivity index (χ4v) is 4.87. The minimum Gasteiger partial charge on any atom is -0.444 e. The number of carbonyl (C=O) groups is 3. The molecule has 1 aromatic heterocycles. The molecule has 2 aromatic rings. The van der Waals surface area contributed by atoms with Crippen LogP contribution in [0, 0.1) is 17.5 Å². The van der Waals surface area contributed by atoms with Crippen LogP contribution in [0.5, 0.6) is 0 Å². The lowest BCUT2D eigenvalue weighted by Gasteiger charge is -2.31. The Bertz CT molecular complexity index is 1310. The van der Waals surface area contributed by atoms with E-state index in [1.165, 1.54) is 16.4 Å². The van der Waals surface area contributed by atoms with Gasteiger partial charge in [-0.15, -0.1) is 0 Å². The van der Waals surface area contributed by atoms with Crippen molar-refractivity contribution in [2.24, 2.45) is 0 Å². The number of carbonyl (C=O) groups excluding carboxylic acids is 3. The van der Waals surface area contributed by atoms with E-state index in [9.17, 15) is 36.3 Å². The van der Waals surface area contributed by atoms with Crippen LogP contribution >= 0.6 is 20.7 Å². The predicted octanol–water partition coefficient (Wildman–Crippen LogP) is 4.82. The number of alkyl halides is 3. The van der Waals surface area contributed by atoms with Gasteiger partial charge in [-0.3, -0.25) is 9.59 Å². The topological polar surface area (TPSA) is 93.5 Å². The largest absolute Gasteiger partial charge is 0.444 e. The third kappa shape index (κ3) is 7.39. The summed E-state index contributed by atoms with van der Waals surface area (Å²) in [5.74, 6) is -5.41. The summed E-state index contributed by atoms with van der Waals surface area (Å²) in [7, 11) is 0. The third-order valence-electron chi connectivity index (χ3n) is 5.81. The van der Waals surface area contributed by atoms with Crippen molar-refractivity contribution in [3.8, 4) is 0 Å². The van der Waals surface area contributed by atoms with Gasteiger partial charge in [-0.1, -0.05) is 4.51 Å². The summed E-state index contributed by atoms with van der Waals surface area (Å²) in [5, 5.41) is 2.47. The van der Waals surface area contributed by atoms with Crippen molar-refractivity contribution in [2.45, 2.75) is 69.2 Å². The fraction of sp³-hybridized carbons (Fsp3) is 0.480. The Morgan fingerprint density at radius 3 is 2.36 bits per heavy atom. The lowest BCUT2D eigenvalue weighted by molar-refractivity contribution is -0.133. The van der Waals surface area contributed by atoms with Crippen molar-refractivity contribution in [2.75, 3.05) is 6.54 Å². The highest BCUT2D eigenvalue weighted by atomic mass is 127. The van der Waals surface area contributed by atoms with Crippen LogP contribution in [0.15, 0.2) is 12.1 Å². The standard InChI is InChI=1S/C25H28F5IN4O4/c1-13(36)21-19-12-34(6-7-35(19)22(33-21)25(29,30)31-5)20(37)10-15(32-23(38)39-24(2,3)4)8-14-9-17(27)18(28)11-16(14)26/h9,11,15H,5-8,10,12H2,1-4H3,(H,32,38)/t15-/m1/s1. The summed E-state index contributed by atoms with van der Waals surface area (Å²) >= 11 is -1.82. The molecule has 0 spiro atoms. The molecule has 8 nitrogen and oxygen atoms in total. The predicted molar refractivity (Wildman–Crippen MR) is 140 cm³/mol. The summed E-state index contributed by atoms with van der Waals surface area (Å²) < 4.78 is 77.0. The number of benzene rings is 1. The van der Waals surface area contributed by atoms with Gasteiger partial charge in [0.2, 0.25) is 5.91 Å². The van der Waals surface area contributed by atoms with Gasteiger partial charge in [0.05, 0.1) is 12.2 Å². The Morgan fingerprint density at radius 1 is 1.13 bits per heavy atom. The Balaban J connectivity index is 1.86. The molecule has 0 bridgehead atoms. The molecule has 1 aliphatic heterocycles. The van der Waals surface area contributed by atoms with E-state index < -0.39 is 83.8 Å². The number of alkyl carbamates (subject to hydrolysis) is 1. The number of Topliss-reactive ketones (excluding diaryl/α,β-unsaturated/α-hetero) is 1. The van der Waals surface area contributed by atoms with Gasteiger partial charge in [0, 0.05) is 38.5 Å². The summed E-state index contributed by atoms with van der Waals surface area (Å²) in [6, 6.07) is -0.0838. The maximum absolute atomic E-state index is 14.5. The number of nitrogens with one attached hydrogen (secondary N) is 1. The molecule has 0 saturated heterocycles. The number of aromatic nitrogens is 2. The van der Waals surface area contributed by atoms with Crippen molar-refractivity contribution < 1.29 is 41.1 Å². The van der Waals surface area contributed by atoms with Crippen molar-refractivity contribution >= 4 is 43.0 Å². The van der Waals surface area contributed by atoms with Crippen LogP contribution in [0.2, 0.25) is 0 Å². The molecule has 214 valence electrons. The maximum Gasteiger partial charge on any atom is 0.407 e. The first-order chi connectivity index (χ1) is 18.0. The van der Waals surface area contributed by atoms with Crippen molar-refractivity contribution in [1.29, 1.82) is 0 Å². The number of rotatable bonds is 8. The number of ether oxygens (including phenoxy) is 1. The molecule has 1 aromatic carbocycles. The van der Waals surface area contributed by atoms with Gasteiger partial charge < -0.3 is 19.5 Å². The molecule has 1 atom stereocenters. The molecule has 0 saturated carbocycles. The van der Waals surface area contributed by atoms with Crippen LogP contribution in [0.1, 0.15) is 61.7 Å². The van der Waals surface area contributed by atoms with Gasteiger partial charge >= 0.3 is 10.0 Å². The molecule has 0 radical (unpaired) electrons. The number of hydrogen-bond acceptors (Lipinski definition) is 5. The number of fused-ring (bicyclic) bond motifs is 1. The molecular formula is C25H28F5IN4O4. The minimum atomic E-state index is -3.27. The number of hydrogen-bond donors (Lipinski definition) is 1. The summed E-state index contributed by atoms with van der Waals surface area (Å²) in [6.45, 7) is 5.75. The van der Waals surface area contributed by atoms with Gasteiger partial charge in [0.1, 0.15) is 17.1 Å². The highest BCUT2D eigenvalue weighted by Gasteiger charge is 2.39. The lowest BCUT2D eigenvalue weighted by Crippen LogP contribution is -2.45. The molecule has 0 fully saturated rings. The average Bonchev–Trinajstić information content (AvgIpc) is 3.21. The van der Waals surface area contributed by atoms with E-state index in [-0.39, 0.29) is 43.0 Å².